The third-order valence-corrected chi connectivity index (χ3v) is 3.60. The number of rotatable bonds is 6. The van der Waals surface area contributed by atoms with Crippen molar-refractivity contribution in [1.82, 2.24) is 5.32 Å². The van der Waals surface area contributed by atoms with Crippen molar-refractivity contribution in [2.75, 3.05) is 12.0 Å². The first-order valence-corrected chi connectivity index (χ1v) is 7.04. The fraction of sp³-hybridized carbons (Fsp3) is 0.818. The van der Waals surface area contributed by atoms with Crippen LogP contribution in [-0.2, 0) is 9.59 Å². The predicted molar refractivity (Wildman–Crippen MR) is 64.5 cm³/mol. The van der Waals surface area contributed by atoms with E-state index in [9.17, 15) is 9.59 Å². The van der Waals surface area contributed by atoms with Gasteiger partial charge in [-0.1, -0.05) is 0 Å². The molecular weight excluding hydrogens is 226 g/mol. The molecule has 1 rings (SSSR count). The Morgan fingerprint density at radius 1 is 1.44 bits per heavy atom. The van der Waals surface area contributed by atoms with Crippen molar-refractivity contribution in [2.45, 2.75) is 38.1 Å². The Bertz CT molecular complexity index is 258. The van der Waals surface area contributed by atoms with Gasteiger partial charge in [-0.25, -0.2) is 0 Å². The Kier molecular flexibility index (Phi) is 5.66. The molecule has 0 heterocycles. The lowest BCUT2D eigenvalue weighted by atomic mass is 10.1. The summed E-state index contributed by atoms with van der Waals surface area (Å²) in [5, 5.41) is 11.7. The zero-order valence-electron chi connectivity index (χ0n) is 9.57. The number of thioether (sulfide) groups is 1. The van der Waals surface area contributed by atoms with E-state index in [0.717, 1.165) is 18.6 Å². The van der Waals surface area contributed by atoms with E-state index in [4.69, 9.17) is 5.11 Å². The highest BCUT2D eigenvalue weighted by molar-refractivity contribution is 7.98. The van der Waals surface area contributed by atoms with Crippen LogP contribution >= 0.6 is 11.8 Å². The Hall–Kier alpha value is -0.710. The van der Waals surface area contributed by atoms with Gasteiger partial charge in [0.2, 0.25) is 5.91 Å². The van der Waals surface area contributed by atoms with Crippen LogP contribution in [0.5, 0.6) is 0 Å². The van der Waals surface area contributed by atoms with Crippen LogP contribution in [0.1, 0.15) is 32.1 Å². The van der Waals surface area contributed by atoms with Gasteiger partial charge in [0.05, 0.1) is 5.92 Å². The summed E-state index contributed by atoms with van der Waals surface area (Å²) in [5.74, 6) is 0.0521. The van der Waals surface area contributed by atoms with Crippen molar-refractivity contribution in [1.29, 1.82) is 0 Å². The molecule has 0 aromatic heterocycles. The summed E-state index contributed by atoms with van der Waals surface area (Å²) in [6.07, 6.45) is 5.53. The maximum absolute atomic E-state index is 11.5. The smallest absolute Gasteiger partial charge is 0.306 e. The number of nitrogens with one attached hydrogen (secondary N) is 1. The molecule has 0 unspecified atom stereocenters. The van der Waals surface area contributed by atoms with Gasteiger partial charge in [0.25, 0.3) is 0 Å². The van der Waals surface area contributed by atoms with Gasteiger partial charge in [0, 0.05) is 12.5 Å². The van der Waals surface area contributed by atoms with Crippen molar-refractivity contribution in [2.24, 2.45) is 5.92 Å². The molecule has 0 saturated heterocycles. The van der Waals surface area contributed by atoms with E-state index in [2.05, 4.69) is 5.32 Å². The van der Waals surface area contributed by atoms with Crippen LogP contribution in [0.4, 0.5) is 0 Å². The summed E-state index contributed by atoms with van der Waals surface area (Å²) in [6, 6.07) is 0.0721. The third kappa shape index (κ3) is 4.43. The van der Waals surface area contributed by atoms with Crippen molar-refractivity contribution in [3.8, 4) is 0 Å². The molecular formula is C11H19NO3S. The van der Waals surface area contributed by atoms with E-state index in [1.807, 2.05) is 6.26 Å². The Labute approximate surface area is 100 Å². The summed E-state index contributed by atoms with van der Waals surface area (Å²) in [4.78, 5) is 22.2. The molecule has 5 heteroatoms. The van der Waals surface area contributed by atoms with Crippen LogP contribution in [-0.4, -0.2) is 35.0 Å². The Morgan fingerprint density at radius 3 is 2.75 bits per heavy atom. The molecule has 0 bridgehead atoms. The van der Waals surface area contributed by atoms with Gasteiger partial charge >= 0.3 is 5.97 Å². The van der Waals surface area contributed by atoms with Gasteiger partial charge < -0.3 is 10.4 Å². The first-order chi connectivity index (χ1) is 7.63. The van der Waals surface area contributed by atoms with Crippen LogP contribution in [0.2, 0.25) is 0 Å². The minimum Gasteiger partial charge on any atom is -0.481 e. The number of hydrogen-bond donors (Lipinski definition) is 2. The quantitative estimate of drug-likeness (QED) is 0.696. The molecule has 0 radical (unpaired) electrons. The number of carboxylic acids is 1. The first-order valence-electron chi connectivity index (χ1n) is 5.64. The Balaban J connectivity index is 2.18. The lowest BCUT2D eigenvalue weighted by Gasteiger charge is -2.12. The van der Waals surface area contributed by atoms with Crippen molar-refractivity contribution >= 4 is 23.6 Å². The molecule has 0 aromatic carbocycles. The van der Waals surface area contributed by atoms with Gasteiger partial charge in [-0.15, -0.1) is 0 Å². The molecule has 1 aliphatic rings. The van der Waals surface area contributed by atoms with Crippen LogP contribution < -0.4 is 5.32 Å². The minimum absolute atomic E-state index is 0.0603. The second kappa shape index (κ2) is 6.78. The third-order valence-electron chi connectivity index (χ3n) is 2.90. The first kappa shape index (κ1) is 13.4. The number of carbonyl (C=O) groups is 2. The monoisotopic (exact) mass is 245 g/mol. The van der Waals surface area contributed by atoms with Gasteiger partial charge in [0.1, 0.15) is 0 Å². The van der Waals surface area contributed by atoms with Gasteiger partial charge in [0.15, 0.2) is 0 Å². The number of carbonyl (C=O) groups excluding carboxylic acids is 1. The van der Waals surface area contributed by atoms with Crippen LogP contribution in [0.3, 0.4) is 0 Å². The van der Waals surface area contributed by atoms with E-state index in [1.54, 1.807) is 11.8 Å². The fourth-order valence-electron chi connectivity index (χ4n) is 2.01. The van der Waals surface area contributed by atoms with E-state index in [1.165, 1.54) is 0 Å². The highest BCUT2D eigenvalue weighted by atomic mass is 32.2. The summed E-state index contributed by atoms with van der Waals surface area (Å²) in [7, 11) is 0. The second-order valence-corrected chi connectivity index (χ2v) is 5.19. The number of hydrogen-bond acceptors (Lipinski definition) is 3. The van der Waals surface area contributed by atoms with E-state index < -0.39 is 5.97 Å². The lowest BCUT2D eigenvalue weighted by Crippen LogP contribution is -2.33. The zero-order chi connectivity index (χ0) is 12.0. The van der Waals surface area contributed by atoms with Crippen molar-refractivity contribution in [3.63, 3.8) is 0 Å². The number of aliphatic carboxylic acids is 1. The summed E-state index contributed by atoms with van der Waals surface area (Å²) < 4.78 is 0. The molecule has 4 nitrogen and oxygen atoms in total. The molecule has 1 saturated carbocycles. The van der Waals surface area contributed by atoms with Gasteiger partial charge in [-0.05, 0) is 37.7 Å². The summed E-state index contributed by atoms with van der Waals surface area (Å²) in [6.45, 7) is 0. The van der Waals surface area contributed by atoms with E-state index in [0.29, 0.717) is 19.3 Å². The molecule has 2 atom stereocenters. The molecule has 1 fully saturated rings. The van der Waals surface area contributed by atoms with E-state index in [-0.39, 0.29) is 17.9 Å². The van der Waals surface area contributed by atoms with Crippen molar-refractivity contribution < 1.29 is 14.7 Å². The average molecular weight is 245 g/mol. The van der Waals surface area contributed by atoms with Crippen LogP contribution in [0.15, 0.2) is 0 Å². The molecule has 0 spiro atoms. The molecule has 2 N–H and O–H groups in total. The lowest BCUT2D eigenvalue weighted by molar-refractivity contribution is -0.141. The van der Waals surface area contributed by atoms with E-state index >= 15 is 0 Å². The molecule has 0 aromatic rings. The molecule has 1 amide bonds. The van der Waals surface area contributed by atoms with Gasteiger partial charge in [-0.2, -0.15) is 11.8 Å². The number of amides is 1. The van der Waals surface area contributed by atoms with Crippen LogP contribution in [0, 0.1) is 5.92 Å². The fourth-order valence-corrected chi connectivity index (χ4v) is 2.45. The average Bonchev–Trinajstić information content (AvgIpc) is 2.66. The molecule has 16 heavy (non-hydrogen) atoms. The molecule has 92 valence electrons. The molecule has 1 aliphatic carbocycles. The van der Waals surface area contributed by atoms with Crippen molar-refractivity contribution in [3.05, 3.63) is 0 Å². The highest BCUT2D eigenvalue weighted by Crippen LogP contribution is 2.25. The second-order valence-electron chi connectivity index (χ2n) is 4.21. The zero-order valence-corrected chi connectivity index (χ0v) is 10.4. The maximum atomic E-state index is 11.5. The number of carboxylic acid groups (broad SMARTS) is 1. The van der Waals surface area contributed by atoms with Gasteiger partial charge in [-0.3, -0.25) is 9.59 Å². The normalized spacial score (nSPS) is 24.3. The SMILES string of the molecule is CSCCCC(=O)N[C@@H]1CC[C@H](C(=O)O)C1. The minimum atomic E-state index is -0.737. The Morgan fingerprint density at radius 2 is 2.19 bits per heavy atom. The predicted octanol–water partition coefficient (Wildman–Crippen LogP) is 1.50. The van der Waals surface area contributed by atoms with Crippen LogP contribution in [0.25, 0.3) is 0 Å². The largest absolute Gasteiger partial charge is 0.481 e. The maximum Gasteiger partial charge on any atom is 0.306 e. The summed E-state index contributed by atoms with van der Waals surface area (Å²) >= 11 is 1.73. The standard InChI is InChI=1S/C11H19NO3S/c1-16-6-2-3-10(13)12-9-5-4-8(7-9)11(14)15/h8-9H,2-7H2,1H3,(H,12,13)(H,14,15)/t8-,9+/m0/s1. The summed E-state index contributed by atoms with van der Waals surface area (Å²) in [5.41, 5.74) is 0. The topological polar surface area (TPSA) is 66.4 Å². The highest BCUT2D eigenvalue weighted by Gasteiger charge is 2.30. The molecule has 0 aliphatic heterocycles.